The molecule has 0 bridgehead atoms. The zero-order valence-corrected chi connectivity index (χ0v) is 8.40. The highest BCUT2D eigenvalue weighted by atomic mass is 16.3. The van der Waals surface area contributed by atoms with Crippen molar-refractivity contribution < 1.29 is 5.11 Å². The van der Waals surface area contributed by atoms with Crippen LogP contribution in [0.2, 0.25) is 0 Å². The Kier molecular flexibility index (Phi) is 4.60. The number of likely N-dealkylation sites (N-methyl/N-ethyl adjacent to an activating group) is 1. The van der Waals surface area contributed by atoms with E-state index < -0.39 is 0 Å². The van der Waals surface area contributed by atoms with Crippen LogP contribution in [0.15, 0.2) is 30.3 Å². The predicted molar refractivity (Wildman–Crippen MR) is 57.7 cm³/mol. The standard InChI is InChI=1S/C12H15NO/c1-2-13(10-11-14)9-8-12-6-4-3-5-7-12/h3-7,14H,2,10-11H2,1H3. The number of aliphatic hydroxyl groups is 1. The van der Waals surface area contributed by atoms with Crippen molar-refractivity contribution in [3.63, 3.8) is 0 Å². The highest BCUT2D eigenvalue weighted by Crippen LogP contribution is 1.95. The minimum atomic E-state index is 0.150. The van der Waals surface area contributed by atoms with E-state index in [0.717, 1.165) is 12.1 Å². The zero-order chi connectivity index (χ0) is 10.2. The molecular formula is C12H15NO. The van der Waals surface area contributed by atoms with Crippen molar-refractivity contribution in [1.29, 1.82) is 0 Å². The Hall–Kier alpha value is -1.46. The molecular weight excluding hydrogens is 174 g/mol. The van der Waals surface area contributed by atoms with Gasteiger partial charge in [-0.05, 0) is 25.0 Å². The summed E-state index contributed by atoms with van der Waals surface area (Å²) in [4.78, 5) is 1.90. The summed E-state index contributed by atoms with van der Waals surface area (Å²) >= 11 is 0. The van der Waals surface area contributed by atoms with Crippen LogP contribution in [0, 0.1) is 12.0 Å². The van der Waals surface area contributed by atoms with E-state index in [1.807, 2.05) is 42.2 Å². The fourth-order valence-corrected chi connectivity index (χ4v) is 1.08. The molecule has 0 aliphatic carbocycles. The molecule has 0 unspecified atom stereocenters. The summed E-state index contributed by atoms with van der Waals surface area (Å²) in [5, 5.41) is 8.76. The molecule has 0 amide bonds. The van der Waals surface area contributed by atoms with Gasteiger partial charge in [0.05, 0.1) is 6.61 Å². The van der Waals surface area contributed by atoms with Crippen molar-refractivity contribution in [3.8, 4) is 12.0 Å². The normalized spacial score (nSPS) is 9.00. The maximum atomic E-state index is 8.76. The van der Waals surface area contributed by atoms with Gasteiger partial charge >= 0.3 is 0 Å². The molecule has 0 aliphatic heterocycles. The molecule has 1 N–H and O–H groups in total. The maximum absolute atomic E-state index is 8.76. The van der Waals surface area contributed by atoms with Gasteiger partial charge in [-0.15, -0.1) is 0 Å². The van der Waals surface area contributed by atoms with E-state index in [2.05, 4.69) is 12.0 Å². The SMILES string of the molecule is CCN(C#Cc1ccccc1)CCO. The molecule has 0 spiro atoms. The average Bonchev–Trinajstić information content (AvgIpc) is 2.25. The van der Waals surface area contributed by atoms with Gasteiger partial charge in [0, 0.05) is 24.7 Å². The first kappa shape index (κ1) is 10.6. The first-order chi connectivity index (χ1) is 6.86. The highest BCUT2D eigenvalue weighted by Gasteiger charge is 1.92. The van der Waals surface area contributed by atoms with Gasteiger partial charge < -0.3 is 10.0 Å². The summed E-state index contributed by atoms with van der Waals surface area (Å²) in [6.45, 7) is 3.61. The summed E-state index contributed by atoms with van der Waals surface area (Å²) in [5.41, 5.74) is 1.00. The van der Waals surface area contributed by atoms with E-state index in [1.54, 1.807) is 0 Å². The van der Waals surface area contributed by atoms with Gasteiger partial charge in [-0.3, -0.25) is 0 Å². The predicted octanol–water partition coefficient (Wildman–Crippen LogP) is 1.31. The molecule has 0 fully saturated rings. The third kappa shape index (κ3) is 3.51. The third-order valence-corrected chi connectivity index (χ3v) is 1.88. The van der Waals surface area contributed by atoms with E-state index in [4.69, 9.17) is 5.11 Å². The zero-order valence-electron chi connectivity index (χ0n) is 8.40. The molecule has 0 radical (unpaired) electrons. The van der Waals surface area contributed by atoms with Crippen molar-refractivity contribution in [2.75, 3.05) is 19.7 Å². The van der Waals surface area contributed by atoms with E-state index in [9.17, 15) is 0 Å². The van der Waals surface area contributed by atoms with E-state index in [-0.39, 0.29) is 6.61 Å². The first-order valence-corrected chi connectivity index (χ1v) is 4.79. The smallest absolute Gasteiger partial charge is 0.0613 e. The Bertz CT molecular complexity index is 310. The molecule has 2 nitrogen and oxygen atoms in total. The lowest BCUT2D eigenvalue weighted by atomic mass is 10.2. The molecule has 0 atom stereocenters. The fraction of sp³-hybridized carbons (Fsp3) is 0.333. The van der Waals surface area contributed by atoms with Crippen molar-refractivity contribution in [2.45, 2.75) is 6.92 Å². The number of nitrogens with zero attached hydrogens (tertiary/aromatic N) is 1. The van der Waals surface area contributed by atoms with Gasteiger partial charge in [0.1, 0.15) is 0 Å². The molecule has 0 aliphatic rings. The molecule has 74 valence electrons. The Labute approximate surface area is 85.2 Å². The van der Waals surface area contributed by atoms with Gasteiger partial charge in [-0.25, -0.2) is 0 Å². The molecule has 1 aromatic carbocycles. The fourth-order valence-electron chi connectivity index (χ4n) is 1.08. The van der Waals surface area contributed by atoms with Crippen molar-refractivity contribution >= 4 is 0 Å². The van der Waals surface area contributed by atoms with Gasteiger partial charge in [-0.1, -0.05) is 18.2 Å². The van der Waals surface area contributed by atoms with Crippen molar-refractivity contribution in [1.82, 2.24) is 4.90 Å². The van der Waals surface area contributed by atoms with Crippen LogP contribution < -0.4 is 0 Å². The van der Waals surface area contributed by atoms with Crippen LogP contribution in [0.25, 0.3) is 0 Å². The van der Waals surface area contributed by atoms with E-state index in [0.29, 0.717) is 6.54 Å². The third-order valence-electron chi connectivity index (χ3n) is 1.88. The lowest BCUT2D eigenvalue weighted by Gasteiger charge is -2.12. The Balaban J connectivity index is 2.61. The molecule has 1 aromatic rings. The number of rotatable bonds is 3. The molecule has 0 heterocycles. The Morgan fingerprint density at radius 1 is 1.29 bits per heavy atom. The van der Waals surface area contributed by atoms with Crippen molar-refractivity contribution in [3.05, 3.63) is 35.9 Å². The second kappa shape index (κ2) is 6.06. The quantitative estimate of drug-likeness (QED) is 0.572. The van der Waals surface area contributed by atoms with Gasteiger partial charge in [0.2, 0.25) is 0 Å². The average molecular weight is 189 g/mol. The maximum Gasteiger partial charge on any atom is 0.0613 e. The largest absolute Gasteiger partial charge is 0.395 e. The lowest BCUT2D eigenvalue weighted by Crippen LogP contribution is -2.21. The molecule has 2 heteroatoms. The van der Waals surface area contributed by atoms with E-state index in [1.165, 1.54) is 0 Å². The molecule has 1 rings (SSSR count). The van der Waals surface area contributed by atoms with Crippen LogP contribution >= 0.6 is 0 Å². The minimum Gasteiger partial charge on any atom is -0.395 e. The van der Waals surface area contributed by atoms with Crippen LogP contribution in [0.3, 0.4) is 0 Å². The highest BCUT2D eigenvalue weighted by molar-refractivity contribution is 5.33. The van der Waals surface area contributed by atoms with Crippen LogP contribution in [-0.4, -0.2) is 29.7 Å². The number of hydrogen-bond donors (Lipinski definition) is 1. The molecule has 0 saturated heterocycles. The van der Waals surface area contributed by atoms with Gasteiger partial charge in [-0.2, -0.15) is 0 Å². The monoisotopic (exact) mass is 189 g/mol. The van der Waals surface area contributed by atoms with Gasteiger partial charge in [0.25, 0.3) is 0 Å². The molecule has 14 heavy (non-hydrogen) atoms. The lowest BCUT2D eigenvalue weighted by molar-refractivity contribution is 0.247. The summed E-state index contributed by atoms with van der Waals surface area (Å²) < 4.78 is 0. The number of hydrogen-bond acceptors (Lipinski definition) is 2. The second-order valence-electron chi connectivity index (χ2n) is 2.91. The minimum absolute atomic E-state index is 0.150. The topological polar surface area (TPSA) is 23.5 Å². The first-order valence-electron chi connectivity index (χ1n) is 4.79. The Morgan fingerprint density at radius 2 is 2.00 bits per heavy atom. The van der Waals surface area contributed by atoms with Crippen LogP contribution in [0.4, 0.5) is 0 Å². The van der Waals surface area contributed by atoms with Crippen LogP contribution in [0.1, 0.15) is 12.5 Å². The molecule has 0 aromatic heterocycles. The number of benzene rings is 1. The summed E-state index contributed by atoms with van der Waals surface area (Å²) in [6, 6.07) is 12.9. The summed E-state index contributed by atoms with van der Waals surface area (Å²) in [5.74, 6) is 3.05. The van der Waals surface area contributed by atoms with Crippen molar-refractivity contribution in [2.24, 2.45) is 0 Å². The van der Waals surface area contributed by atoms with Gasteiger partial charge in [0.15, 0.2) is 0 Å². The number of aliphatic hydroxyl groups excluding tert-OH is 1. The van der Waals surface area contributed by atoms with Crippen LogP contribution in [0.5, 0.6) is 0 Å². The second-order valence-corrected chi connectivity index (χ2v) is 2.91. The van der Waals surface area contributed by atoms with Crippen LogP contribution in [-0.2, 0) is 0 Å². The van der Waals surface area contributed by atoms with E-state index >= 15 is 0 Å². The summed E-state index contributed by atoms with van der Waals surface area (Å²) in [6.07, 6.45) is 0. The molecule has 0 saturated carbocycles. The Morgan fingerprint density at radius 3 is 2.57 bits per heavy atom. The summed E-state index contributed by atoms with van der Waals surface area (Å²) in [7, 11) is 0.